The molecule has 0 spiro atoms. The van der Waals surface area contributed by atoms with Crippen LogP contribution in [0.3, 0.4) is 0 Å². The Morgan fingerprint density at radius 2 is 1.91 bits per heavy atom. The van der Waals surface area contributed by atoms with Crippen molar-refractivity contribution in [3.63, 3.8) is 0 Å². The highest BCUT2D eigenvalue weighted by Gasteiger charge is 2.34. The van der Waals surface area contributed by atoms with E-state index in [1.165, 1.54) is 23.5 Å². The lowest BCUT2D eigenvalue weighted by Crippen LogP contribution is -2.42. The van der Waals surface area contributed by atoms with Crippen molar-refractivity contribution in [1.29, 1.82) is 0 Å². The second-order valence-corrected chi connectivity index (χ2v) is 10.0. The second kappa shape index (κ2) is 9.80. The molecular weight excluding hydrogens is 440 g/mol. The fourth-order valence-electron chi connectivity index (χ4n) is 4.21. The van der Waals surface area contributed by atoms with Crippen LogP contribution >= 0.6 is 0 Å². The van der Waals surface area contributed by atoms with Crippen LogP contribution in [0.15, 0.2) is 76.2 Å². The molecule has 7 nitrogen and oxygen atoms in total. The van der Waals surface area contributed by atoms with Crippen molar-refractivity contribution in [2.45, 2.75) is 43.2 Å². The highest BCUT2D eigenvalue weighted by molar-refractivity contribution is 7.89. The first kappa shape index (κ1) is 23.1. The summed E-state index contributed by atoms with van der Waals surface area (Å²) in [6.45, 7) is 2.37. The average molecular weight is 469 g/mol. The lowest BCUT2D eigenvalue weighted by atomic mass is 10.0. The van der Waals surface area contributed by atoms with Gasteiger partial charge in [-0.2, -0.15) is 4.31 Å². The number of sulfonamides is 1. The van der Waals surface area contributed by atoms with Gasteiger partial charge in [0.2, 0.25) is 10.0 Å². The summed E-state index contributed by atoms with van der Waals surface area (Å²) >= 11 is 0. The maximum Gasteiger partial charge on any atom is 0.252 e. The molecule has 2 unspecified atom stereocenters. The molecule has 0 aliphatic carbocycles. The largest absolute Gasteiger partial charge is 0.495 e. The smallest absolute Gasteiger partial charge is 0.252 e. The third-order valence-electron chi connectivity index (χ3n) is 5.99. The molecule has 1 aromatic heterocycles. The van der Waals surface area contributed by atoms with Gasteiger partial charge in [0.1, 0.15) is 22.4 Å². The molecule has 0 bridgehead atoms. The van der Waals surface area contributed by atoms with E-state index in [4.69, 9.17) is 9.15 Å². The number of methoxy groups -OCH3 is 1. The number of rotatable bonds is 7. The first-order chi connectivity index (χ1) is 15.9. The molecule has 1 N–H and O–H groups in total. The number of carbonyl (C=O) groups excluding carboxylic acids is 1. The number of hydrogen-bond donors (Lipinski definition) is 1. The number of nitrogens with one attached hydrogen (secondary N) is 1. The normalized spacial score (nSPS) is 17.9. The van der Waals surface area contributed by atoms with Gasteiger partial charge < -0.3 is 14.5 Å². The Kier molecular flexibility index (Phi) is 6.85. The molecule has 2 heterocycles. The van der Waals surface area contributed by atoms with Gasteiger partial charge in [-0.25, -0.2) is 8.42 Å². The van der Waals surface area contributed by atoms with E-state index in [1.54, 1.807) is 24.5 Å². The number of amides is 1. The number of nitrogens with zero attached hydrogens (tertiary/aromatic N) is 1. The Bertz CT molecular complexity index is 1190. The van der Waals surface area contributed by atoms with Crippen LogP contribution in [-0.4, -0.2) is 38.3 Å². The van der Waals surface area contributed by atoms with E-state index in [2.05, 4.69) is 5.32 Å². The van der Waals surface area contributed by atoms with Gasteiger partial charge >= 0.3 is 0 Å². The van der Waals surface area contributed by atoms with Gasteiger partial charge in [-0.1, -0.05) is 36.8 Å². The molecule has 1 amide bonds. The average Bonchev–Trinajstić information content (AvgIpc) is 3.37. The number of ether oxygens (including phenoxy) is 1. The predicted molar refractivity (Wildman–Crippen MR) is 125 cm³/mol. The van der Waals surface area contributed by atoms with Crippen LogP contribution in [0.4, 0.5) is 0 Å². The summed E-state index contributed by atoms with van der Waals surface area (Å²) in [5, 5.41) is 2.97. The van der Waals surface area contributed by atoms with Crippen molar-refractivity contribution in [1.82, 2.24) is 9.62 Å². The number of piperidine rings is 1. The van der Waals surface area contributed by atoms with Crippen LogP contribution in [0, 0.1) is 0 Å². The lowest BCUT2D eigenvalue weighted by molar-refractivity contribution is 0.0938. The summed E-state index contributed by atoms with van der Waals surface area (Å²) in [5.74, 6) is 0.388. The summed E-state index contributed by atoms with van der Waals surface area (Å²) in [6.07, 6.45) is 4.17. The lowest BCUT2D eigenvalue weighted by Gasteiger charge is -2.32. The van der Waals surface area contributed by atoms with Gasteiger partial charge in [0.05, 0.1) is 13.4 Å². The minimum absolute atomic E-state index is 0.000611. The zero-order valence-corrected chi connectivity index (χ0v) is 19.5. The molecule has 0 radical (unpaired) electrons. The zero-order valence-electron chi connectivity index (χ0n) is 18.7. The Balaban J connectivity index is 1.67. The minimum atomic E-state index is -3.82. The predicted octanol–water partition coefficient (Wildman–Crippen LogP) is 4.37. The summed E-state index contributed by atoms with van der Waals surface area (Å²) in [4.78, 5) is 13.2. The first-order valence-corrected chi connectivity index (χ1v) is 12.4. The Morgan fingerprint density at radius 3 is 2.58 bits per heavy atom. The van der Waals surface area contributed by atoms with Crippen LogP contribution in [0.5, 0.6) is 5.75 Å². The molecule has 1 aliphatic heterocycles. The number of hydrogen-bond acceptors (Lipinski definition) is 5. The van der Waals surface area contributed by atoms with Gasteiger partial charge in [0.15, 0.2) is 0 Å². The maximum atomic E-state index is 13.5. The van der Waals surface area contributed by atoms with E-state index < -0.39 is 22.0 Å². The maximum absolute atomic E-state index is 13.5. The Labute approximate surface area is 194 Å². The van der Waals surface area contributed by atoms with Crippen molar-refractivity contribution >= 4 is 15.9 Å². The third kappa shape index (κ3) is 4.82. The summed E-state index contributed by atoms with van der Waals surface area (Å²) in [7, 11) is -2.40. The van der Waals surface area contributed by atoms with Crippen molar-refractivity contribution in [2.75, 3.05) is 13.7 Å². The van der Waals surface area contributed by atoms with Gasteiger partial charge in [0.25, 0.3) is 5.91 Å². The molecule has 1 saturated heterocycles. The SMILES string of the molecule is COc1ccc(C(=O)NC(c2ccccc2)c2ccco2)cc1S(=O)(=O)N1CCCCC1C. The monoisotopic (exact) mass is 468 g/mol. The van der Waals surface area contributed by atoms with Crippen LogP contribution in [0.1, 0.15) is 53.9 Å². The highest BCUT2D eigenvalue weighted by atomic mass is 32.2. The fourth-order valence-corrected chi connectivity index (χ4v) is 6.09. The van der Waals surface area contributed by atoms with Crippen LogP contribution in [-0.2, 0) is 10.0 Å². The Hall–Kier alpha value is -3.10. The summed E-state index contributed by atoms with van der Waals surface area (Å²) in [6, 6.07) is 16.9. The van der Waals surface area contributed by atoms with E-state index in [-0.39, 0.29) is 22.3 Å². The molecule has 174 valence electrons. The topological polar surface area (TPSA) is 88.8 Å². The fraction of sp³-hybridized carbons (Fsp3) is 0.320. The number of furan rings is 1. The standard InChI is InChI=1S/C25H28N2O5S/c1-18-9-6-7-15-27(18)33(29,30)23-17-20(13-14-21(23)31-2)25(28)26-24(22-12-8-16-32-22)19-10-4-3-5-11-19/h3-5,8,10-14,16-18,24H,6-7,9,15H2,1-2H3,(H,26,28). The molecular formula is C25H28N2O5S. The molecule has 4 rings (SSSR count). The Morgan fingerprint density at radius 1 is 1.12 bits per heavy atom. The van der Waals surface area contributed by atoms with Crippen LogP contribution in [0.2, 0.25) is 0 Å². The molecule has 1 aliphatic rings. The molecule has 3 aromatic rings. The third-order valence-corrected chi connectivity index (χ3v) is 8.03. The first-order valence-electron chi connectivity index (χ1n) is 11.0. The molecule has 1 fully saturated rings. The highest BCUT2D eigenvalue weighted by Crippen LogP contribution is 2.32. The van der Waals surface area contributed by atoms with E-state index >= 15 is 0 Å². The van der Waals surface area contributed by atoms with Gasteiger partial charge in [-0.05, 0) is 55.7 Å². The van der Waals surface area contributed by atoms with Gasteiger partial charge in [-0.3, -0.25) is 4.79 Å². The summed E-state index contributed by atoms with van der Waals surface area (Å²) in [5.41, 5.74) is 1.08. The van der Waals surface area contributed by atoms with E-state index in [0.717, 1.165) is 24.8 Å². The van der Waals surface area contributed by atoms with Crippen molar-refractivity contribution in [2.24, 2.45) is 0 Å². The number of benzene rings is 2. The van der Waals surface area contributed by atoms with Crippen LogP contribution in [0.25, 0.3) is 0 Å². The van der Waals surface area contributed by atoms with Gasteiger partial charge in [0, 0.05) is 18.2 Å². The van der Waals surface area contributed by atoms with E-state index in [0.29, 0.717) is 12.3 Å². The minimum Gasteiger partial charge on any atom is -0.495 e. The molecule has 33 heavy (non-hydrogen) atoms. The number of carbonyl (C=O) groups is 1. The second-order valence-electron chi connectivity index (χ2n) is 8.16. The zero-order chi connectivity index (χ0) is 23.4. The molecule has 8 heteroatoms. The van der Waals surface area contributed by atoms with Crippen LogP contribution < -0.4 is 10.1 Å². The quantitative estimate of drug-likeness (QED) is 0.556. The van der Waals surface area contributed by atoms with Gasteiger partial charge in [-0.15, -0.1) is 0 Å². The van der Waals surface area contributed by atoms with Crippen molar-refractivity contribution in [3.8, 4) is 5.75 Å². The molecule has 0 saturated carbocycles. The molecule has 2 atom stereocenters. The summed E-state index contributed by atoms with van der Waals surface area (Å²) < 4.78 is 39.4. The van der Waals surface area contributed by atoms with E-state index in [1.807, 2.05) is 37.3 Å². The van der Waals surface area contributed by atoms with Crippen molar-refractivity contribution in [3.05, 3.63) is 83.8 Å². The molecule has 2 aromatic carbocycles. The van der Waals surface area contributed by atoms with E-state index in [9.17, 15) is 13.2 Å². The van der Waals surface area contributed by atoms with Crippen molar-refractivity contribution < 1.29 is 22.4 Å².